The molecule has 1 aromatic heterocycles. The van der Waals surface area contributed by atoms with Crippen molar-refractivity contribution in [3.05, 3.63) is 17.0 Å². The van der Waals surface area contributed by atoms with E-state index in [0.29, 0.717) is 17.1 Å². The molecule has 17 heavy (non-hydrogen) atoms. The van der Waals surface area contributed by atoms with Crippen molar-refractivity contribution in [2.24, 2.45) is 0 Å². The van der Waals surface area contributed by atoms with Crippen molar-refractivity contribution in [2.75, 3.05) is 23.5 Å². The summed E-state index contributed by atoms with van der Waals surface area (Å²) in [6.07, 6.45) is 3.66. The van der Waals surface area contributed by atoms with Crippen LogP contribution < -0.4 is 4.90 Å². The van der Waals surface area contributed by atoms with Gasteiger partial charge >= 0.3 is 0 Å². The number of aromatic nitrogens is 2. The van der Waals surface area contributed by atoms with Crippen molar-refractivity contribution < 1.29 is 0 Å². The van der Waals surface area contributed by atoms with Crippen molar-refractivity contribution in [3.63, 3.8) is 0 Å². The van der Waals surface area contributed by atoms with Crippen molar-refractivity contribution in [3.8, 4) is 0 Å². The first kappa shape index (κ1) is 11.6. The van der Waals surface area contributed by atoms with Crippen LogP contribution in [-0.4, -0.2) is 34.6 Å². The molecule has 92 valence electrons. The van der Waals surface area contributed by atoms with Crippen LogP contribution in [0, 0.1) is 0 Å². The third-order valence-corrected chi connectivity index (χ3v) is 4.79. The smallest absolute Gasteiger partial charge is 0.135 e. The van der Waals surface area contributed by atoms with Gasteiger partial charge in [0, 0.05) is 30.8 Å². The van der Waals surface area contributed by atoms with Crippen LogP contribution in [0.4, 0.5) is 5.82 Å². The first-order valence-corrected chi connectivity index (χ1v) is 7.62. The molecule has 3 nitrogen and oxygen atoms in total. The van der Waals surface area contributed by atoms with Gasteiger partial charge in [0.2, 0.25) is 0 Å². The molecule has 1 saturated carbocycles. The van der Waals surface area contributed by atoms with Crippen LogP contribution in [0.15, 0.2) is 6.07 Å². The summed E-state index contributed by atoms with van der Waals surface area (Å²) in [5.74, 6) is 4.92. The third kappa shape index (κ3) is 2.52. The van der Waals surface area contributed by atoms with Crippen LogP contribution in [0.25, 0.3) is 0 Å². The topological polar surface area (TPSA) is 29.0 Å². The Labute approximate surface area is 111 Å². The largest absolute Gasteiger partial charge is 0.356 e. The lowest BCUT2D eigenvalue weighted by Crippen LogP contribution is -2.32. The lowest BCUT2D eigenvalue weighted by atomic mass is 10.2. The Balaban J connectivity index is 1.85. The van der Waals surface area contributed by atoms with Crippen LogP contribution in [0.5, 0.6) is 0 Å². The van der Waals surface area contributed by atoms with Gasteiger partial charge in [-0.1, -0.05) is 11.6 Å². The molecule has 1 aliphatic carbocycles. The van der Waals surface area contributed by atoms with Crippen LogP contribution in [0.3, 0.4) is 0 Å². The van der Waals surface area contributed by atoms with Gasteiger partial charge in [-0.15, -0.1) is 0 Å². The molecule has 2 heterocycles. The van der Waals surface area contributed by atoms with Gasteiger partial charge in [-0.05, 0) is 25.0 Å². The quantitative estimate of drug-likeness (QED) is 0.789. The first-order valence-electron chi connectivity index (χ1n) is 6.09. The predicted molar refractivity (Wildman–Crippen MR) is 73.2 cm³/mol. The molecule has 0 N–H and O–H groups in total. The van der Waals surface area contributed by atoms with E-state index in [1.54, 1.807) is 0 Å². The van der Waals surface area contributed by atoms with E-state index in [-0.39, 0.29) is 0 Å². The SMILES string of the molecule is CN(c1cc(Cl)nc(C2CC2)n1)C1CCSC1. The molecular weight excluding hydrogens is 254 g/mol. The lowest BCUT2D eigenvalue weighted by molar-refractivity contribution is 0.687. The van der Waals surface area contributed by atoms with Gasteiger partial charge in [0.15, 0.2) is 0 Å². The fourth-order valence-corrected chi connectivity index (χ4v) is 3.59. The van der Waals surface area contributed by atoms with Crippen LogP contribution in [0.1, 0.15) is 31.0 Å². The minimum absolute atomic E-state index is 0.554. The molecular formula is C12H16ClN3S. The van der Waals surface area contributed by atoms with E-state index in [2.05, 4.69) is 21.9 Å². The minimum Gasteiger partial charge on any atom is -0.356 e. The number of anilines is 1. The highest BCUT2D eigenvalue weighted by atomic mass is 35.5. The molecule has 0 radical (unpaired) electrons. The monoisotopic (exact) mass is 269 g/mol. The van der Waals surface area contributed by atoms with Gasteiger partial charge in [0.05, 0.1) is 0 Å². The van der Waals surface area contributed by atoms with E-state index >= 15 is 0 Å². The molecule has 0 bridgehead atoms. The predicted octanol–water partition coefficient (Wildman–Crippen LogP) is 2.95. The Morgan fingerprint density at radius 3 is 2.82 bits per heavy atom. The standard InChI is InChI=1S/C12H16ClN3S/c1-16(9-4-5-17-7-9)11-6-10(13)14-12(15-11)8-2-3-8/h6,8-9H,2-5,7H2,1H3. The highest BCUT2D eigenvalue weighted by Gasteiger charge is 2.28. The molecule has 1 atom stereocenters. The van der Waals surface area contributed by atoms with E-state index < -0.39 is 0 Å². The number of thioether (sulfide) groups is 1. The normalized spacial score (nSPS) is 24.0. The Morgan fingerprint density at radius 1 is 1.35 bits per heavy atom. The molecule has 0 amide bonds. The highest BCUT2D eigenvalue weighted by molar-refractivity contribution is 7.99. The zero-order chi connectivity index (χ0) is 11.8. The fraction of sp³-hybridized carbons (Fsp3) is 0.667. The summed E-state index contributed by atoms with van der Waals surface area (Å²) in [6.45, 7) is 0. The second-order valence-electron chi connectivity index (χ2n) is 4.81. The molecule has 0 spiro atoms. The molecule has 1 unspecified atom stereocenters. The number of halogens is 1. The second kappa shape index (κ2) is 4.65. The molecule has 1 aliphatic heterocycles. The second-order valence-corrected chi connectivity index (χ2v) is 6.35. The summed E-state index contributed by atoms with van der Waals surface area (Å²) in [5, 5.41) is 0.578. The molecule has 0 aromatic carbocycles. The van der Waals surface area contributed by atoms with E-state index in [9.17, 15) is 0 Å². The fourth-order valence-electron chi connectivity index (χ4n) is 2.14. The summed E-state index contributed by atoms with van der Waals surface area (Å²) in [4.78, 5) is 11.3. The van der Waals surface area contributed by atoms with E-state index in [4.69, 9.17) is 11.6 Å². The Bertz CT molecular complexity index is 416. The molecule has 1 saturated heterocycles. The van der Waals surface area contributed by atoms with E-state index in [1.807, 2.05) is 17.8 Å². The van der Waals surface area contributed by atoms with Gasteiger partial charge in [0.1, 0.15) is 16.8 Å². The van der Waals surface area contributed by atoms with Crippen LogP contribution in [-0.2, 0) is 0 Å². The third-order valence-electron chi connectivity index (χ3n) is 3.46. The molecule has 2 aliphatic rings. The zero-order valence-corrected chi connectivity index (χ0v) is 11.5. The Hall–Kier alpha value is -0.480. The summed E-state index contributed by atoms with van der Waals surface area (Å²) in [6, 6.07) is 2.48. The molecule has 2 fully saturated rings. The van der Waals surface area contributed by atoms with Gasteiger partial charge in [0.25, 0.3) is 0 Å². The summed E-state index contributed by atoms with van der Waals surface area (Å²) >= 11 is 8.10. The van der Waals surface area contributed by atoms with Crippen molar-refractivity contribution >= 4 is 29.2 Å². The van der Waals surface area contributed by atoms with Crippen molar-refractivity contribution in [1.29, 1.82) is 0 Å². The summed E-state index contributed by atoms with van der Waals surface area (Å²) in [7, 11) is 2.12. The highest BCUT2D eigenvalue weighted by Crippen LogP contribution is 2.39. The minimum atomic E-state index is 0.554. The van der Waals surface area contributed by atoms with Gasteiger partial charge in [-0.25, -0.2) is 9.97 Å². The van der Waals surface area contributed by atoms with E-state index in [1.165, 1.54) is 30.8 Å². The average Bonchev–Trinajstić information content (AvgIpc) is 3.03. The lowest BCUT2D eigenvalue weighted by Gasteiger charge is -2.25. The Kier molecular flexibility index (Phi) is 3.17. The maximum absolute atomic E-state index is 6.09. The number of hydrogen-bond donors (Lipinski definition) is 0. The number of rotatable bonds is 3. The summed E-state index contributed by atoms with van der Waals surface area (Å²) < 4.78 is 0. The van der Waals surface area contributed by atoms with Gasteiger partial charge < -0.3 is 4.90 Å². The molecule has 1 aromatic rings. The van der Waals surface area contributed by atoms with Crippen molar-refractivity contribution in [2.45, 2.75) is 31.2 Å². The van der Waals surface area contributed by atoms with E-state index in [0.717, 1.165) is 11.6 Å². The number of hydrogen-bond acceptors (Lipinski definition) is 4. The number of nitrogens with zero attached hydrogens (tertiary/aromatic N) is 3. The maximum Gasteiger partial charge on any atom is 0.135 e. The zero-order valence-electron chi connectivity index (χ0n) is 9.90. The molecule has 5 heteroatoms. The Morgan fingerprint density at radius 2 is 2.18 bits per heavy atom. The van der Waals surface area contributed by atoms with Gasteiger partial charge in [-0.2, -0.15) is 11.8 Å². The van der Waals surface area contributed by atoms with Crippen molar-refractivity contribution in [1.82, 2.24) is 9.97 Å². The average molecular weight is 270 g/mol. The first-order chi connectivity index (χ1) is 8.24. The maximum atomic E-state index is 6.09. The van der Waals surface area contributed by atoms with Crippen LogP contribution >= 0.6 is 23.4 Å². The van der Waals surface area contributed by atoms with Gasteiger partial charge in [-0.3, -0.25) is 0 Å². The summed E-state index contributed by atoms with van der Waals surface area (Å²) in [5.41, 5.74) is 0. The molecule has 3 rings (SSSR count). The van der Waals surface area contributed by atoms with Crippen LogP contribution in [0.2, 0.25) is 5.15 Å².